The Kier molecular flexibility index (Phi) is 5.62. The van der Waals surface area contributed by atoms with E-state index in [1.165, 1.54) is 17.7 Å². The molecule has 0 atom stereocenters. The first-order valence-electron chi connectivity index (χ1n) is 9.19. The lowest BCUT2D eigenvalue weighted by Gasteiger charge is -2.12. The summed E-state index contributed by atoms with van der Waals surface area (Å²) in [7, 11) is 1.65. The van der Waals surface area contributed by atoms with Gasteiger partial charge in [-0.25, -0.2) is 4.39 Å². The predicted octanol–water partition coefficient (Wildman–Crippen LogP) is 5.68. The van der Waals surface area contributed by atoms with Crippen LogP contribution in [0.4, 0.5) is 4.39 Å². The quantitative estimate of drug-likeness (QED) is 0.387. The molecule has 1 heterocycles. The Hall–Kier alpha value is -3.12. The van der Waals surface area contributed by atoms with Gasteiger partial charge in [0, 0.05) is 11.4 Å². The number of nitrogens with zero attached hydrogens (tertiary/aromatic N) is 3. The number of halogens is 1. The maximum absolute atomic E-state index is 13.2. The predicted molar refractivity (Wildman–Crippen MR) is 114 cm³/mol. The molecule has 1 aromatic heterocycles. The van der Waals surface area contributed by atoms with E-state index in [1.54, 1.807) is 31.0 Å². The van der Waals surface area contributed by atoms with Crippen LogP contribution in [0.5, 0.6) is 5.75 Å². The maximum atomic E-state index is 13.2. The van der Waals surface area contributed by atoms with E-state index in [0.29, 0.717) is 11.6 Å². The number of aryl methyl sites for hydroxylation is 1. The maximum Gasteiger partial charge on any atom is 0.196 e. The molecular weight excluding hydrogens is 385 g/mol. The summed E-state index contributed by atoms with van der Waals surface area (Å²) in [5.74, 6) is 1.88. The molecule has 0 fully saturated rings. The third-order valence-electron chi connectivity index (χ3n) is 4.55. The van der Waals surface area contributed by atoms with Crippen molar-refractivity contribution in [3.63, 3.8) is 0 Å². The van der Waals surface area contributed by atoms with E-state index in [0.717, 1.165) is 27.7 Å². The van der Waals surface area contributed by atoms with E-state index in [2.05, 4.69) is 41.4 Å². The average Bonchev–Trinajstić information content (AvgIpc) is 3.17. The molecule has 0 radical (unpaired) electrons. The van der Waals surface area contributed by atoms with Crippen molar-refractivity contribution in [2.24, 2.45) is 0 Å². The minimum absolute atomic E-state index is 0.236. The number of aromatic nitrogens is 3. The molecule has 0 N–H and O–H groups in total. The zero-order valence-corrected chi connectivity index (χ0v) is 17.0. The zero-order valence-electron chi connectivity index (χ0n) is 16.2. The molecule has 0 aliphatic carbocycles. The summed E-state index contributed by atoms with van der Waals surface area (Å²) < 4.78 is 20.8. The number of ether oxygens (including phenoxy) is 1. The van der Waals surface area contributed by atoms with Crippen LogP contribution in [0.2, 0.25) is 0 Å². The lowest BCUT2D eigenvalue weighted by molar-refractivity contribution is 0.416. The number of thioether (sulfide) groups is 1. The second kappa shape index (κ2) is 8.49. The van der Waals surface area contributed by atoms with Crippen molar-refractivity contribution in [1.29, 1.82) is 0 Å². The molecule has 0 saturated heterocycles. The highest BCUT2D eigenvalue weighted by molar-refractivity contribution is 7.98. The molecule has 0 aliphatic rings. The van der Waals surface area contributed by atoms with Crippen LogP contribution in [0, 0.1) is 12.7 Å². The number of methoxy groups -OCH3 is 1. The first-order valence-corrected chi connectivity index (χ1v) is 10.2. The first kappa shape index (κ1) is 19.2. The van der Waals surface area contributed by atoms with Gasteiger partial charge >= 0.3 is 0 Å². The highest BCUT2D eigenvalue weighted by Crippen LogP contribution is 2.34. The van der Waals surface area contributed by atoms with Gasteiger partial charge in [0.05, 0.1) is 12.7 Å². The van der Waals surface area contributed by atoms with Crippen molar-refractivity contribution in [2.45, 2.75) is 17.8 Å². The number of para-hydroxylation sites is 1. The molecular formula is C23H20FN3OS. The van der Waals surface area contributed by atoms with Crippen LogP contribution in [0.25, 0.3) is 17.1 Å². The van der Waals surface area contributed by atoms with Gasteiger partial charge in [0.2, 0.25) is 0 Å². The van der Waals surface area contributed by atoms with Gasteiger partial charge in [-0.2, -0.15) is 0 Å². The Morgan fingerprint density at radius 3 is 2.38 bits per heavy atom. The average molecular weight is 405 g/mol. The Labute approximate surface area is 173 Å². The molecule has 4 nitrogen and oxygen atoms in total. The van der Waals surface area contributed by atoms with E-state index < -0.39 is 0 Å². The number of hydrogen-bond acceptors (Lipinski definition) is 4. The molecule has 0 aliphatic heterocycles. The van der Waals surface area contributed by atoms with Crippen LogP contribution in [-0.2, 0) is 5.75 Å². The van der Waals surface area contributed by atoms with Crippen molar-refractivity contribution in [3.8, 4) is 22.8 Å². The highest BCUT2D eigenvalue weighted by Gasteiger charge is 2.19. The van der Waals surface area contributed by atoms with E-state index in [9.17, 15) is 4.39 Å². The van der Waals surface area contributed by atoms with E-state index >= 15 is 0 Å². The van der Waals surface area contributed by atoms with Crippen molar-refractivity contribution >= 4 is 11.8 Å². The van der Waals surface area contributed by atoms with Crippen molar-refractivity contribution < 1.29 is 9.13 Å². The van der Waals surface area contributed by atoms with E-state index in [4.69, 9.17) is 4.74 Å². The third-order valence-corrected chi connectivity index (χ3v) is 5.55. The van der Waals surface area contributed by atoms with Crippen LogP contribution in [0.15, 0.2) is 78.0 Å². The summed E-state index contributed by atoms with van der Waals surface area (Å²) >= 11 is 1.56. The topological polar surface area (TPSA) is 39.9 Å². The van der Waals surface area contributed by atoms with Gasteiger partial charge in [0.25, 0.3) is 0 Å². The molecule has 4 rings (SSSR count). The highest BCUT2D eigenvalue weighted by atomic mass is 32.2. The Morgan fingerprint density at radius 2 is 1.66 bits per heavy atom. The smallest absolute Gasteiger partial charge is 0.196 e. The summed E-state index contributed by atoms with van der Waals surface area (Å²) in [6, 6.07) is 22.5. The largest absolute Gasteiger partial charge is 0.496 e. The fourth-order valence-electron chi connectivity index (χ4n) is 3.02. The van der Waals surface area contributed by atoms with Crippen LogP contribution < -0.4 is 4.74 Å². The Morgan fingerprint density at radius 1 is 0.931 bits per heavy atom. The molecule has 0 amide bonds. The molecule has 0 unspecified atom stereocenters. The summed E-state index contributed by atoms with van der Waals surface area (Å²) in [5.41, 5.74) is 4.05. The fourth-order valence-corrected chi connectivity index (χ4v) is 3.93. The van der Waals surface area contributed by atoms with Crippen LogP contribution >= 0.6 is 11.8 Å². The molecule has 4 aromatic rings. The van der Waals surface area contributed by atoms with Gasteiger partial charge in [-0.05, 0) is 48.9 Å². The van der Waals surface area contributed by atoms with Crippen molar-refractivity contribution in [2.75, 3.05) is 7.11 Å². The summed E-state index contributed by atoms with van der Waals surface area (Å²) in [4.78, 5) is 0. The summed E-state index contributed by atoms with van der Waals surface area (Å²) in [5, 5.41) is 9.68. The van der Waals surface area contributed by atoms with Crippen LogP contribution in [0.1, 0.15) is 11.1 Å². The fraction of sp³-hybridized carbons (Fsp3) is 0.130. The molecule has 146 valence electrons. The normalized spacial score (nSPS) is 10.9. The SMILES string of the molecule is COc1ccccc1-c1nnc(SCc2ccc(F)cc2)n1-c1ccc(C)cc1. The monoisotopic (exact) mass is 405 g/mol. The first-order chi connectivity index (χ1) is 14.2. The molecule has 3 aromatic carbocycles. The van der Waals surface area contributed by atoms with Gasteiger partial charge in [0.1, 0.15) is 11.6 Å². The molecule has 6 heteroatoms. The molecule has 29 heavy (non-hydrogen) atoms. The van der Waals surface area contributed by atoms with Crippen LogP contribution in [0.3, 0.4) is 0 Å². The number of rotatable bonds is 6. The minimum Gasteiger partial charge on any atom is -0.496 e. The Balaban J connectivity index is 1.76. The molecule has 0 bridgehead atoms. The second-order valence-corrected chi connectivity index (χ2v) is 7.54. The van der Waals surface area contributed by atoms with Gasteiger partial charge in [0.15, 0.2) is 11.0 Å². The summed E-state index contributed by atoms with van der Waals surface area (Å²) in [6.07, 6.45) is 0. The van der Waals surface area contributed by atoms with Gasteiger partial charge < -0.3 is 4.74 Å². The third kappa shape index (κ3) is 4.17. The van der Waals surface area contributed by atoms with Crippen molar-refractivity contribution in [1.82, 2.24) is 14.8 Å². The minimum atomic E-state index is -0.236. The zero-order chi connectivity index (χ0) is 20.2. The molecule has 0 spiro atoms. The lowest BCUT2D eigenvalue weighted by Crippen LogP contribution is -2.01. The molecule has 0 saturated carbocycles. The number of hydrogen-bond donors (Lipinski definition) is 0. The van der Waals surface area contributed by atoms with Gasteiger partial charge in [-0.15, -0.1) is 10.2 Å². The van der Waals surface area contributed by atoms with E-state index in [-0.39, 0.29) is 5.82 Å². The lowest BCUT2D eigenvalue weighted by atomic mass is 10.1. The van der Waals surface area contributed by atoms with Gasteiger partial charge in [-0.3, -0.25) is 4.57 Å². The van der Waals surface area contributed by atoms with Crippen molar-refractivity contribution in [3.05, 3.63) is 89.7 Å². The van der Waals surface area contributed by atoms with Crippen LogP contribution in [-0.4, -0.2) is 21.9 Å². The second-order valence-electron chi connectivity index (χ2n) is 6.59. The van der Waals surface area contributed by atoms with Gasteiger partial charge in [-0.1, -0.05) is 53.7 Å². The van der Waals surface area contributed by atoms with E-state index in [1.807, 2.05) is 28.8 Å². The summed E-state index contributed by atoms with van der Waals surface area (Å²) in [6.45, 7) is 2.06. The number of benzene rings is 3. The standard InChI is InChI=1S/C23H20FN3OS/c1-16-7-13-19(14-8-16)27-22(20-5-3-4-6-21(20)28-2)25-26-23(27)29-15-17-9-11-18(24)12-10-17/h3-14H,15H2,1-2H3. The Bertz CT molecular complexity index is 1110.